The van der Waals surface area contributed by atoms with E-state index in [1.807, 2.05) is 28.8 Å². The van der Waals surface area contributed by atoms with Gasteiger partial charge in [-0.25, -0.2) is 4.39 Å². The monoisotopic (exact) mass is 386 g/mol. The Morgan fingerprint density at radius 2 is 1.93 bits per heavy atom. The lowest BCUT2D eigenvalue weighted by atomic mass is 10.1. The van der Waals surface area contributed by atoms with E-state index in [1.165, 1.54) is 23.9 Å². The van der Waals surface area contributed by atoms with E-state index in [1.54, 1.807) is 25.6 Å². The van der Waals surface area contributed by atoms with E-state index >= 15 is 0 Å². The van der Waals surface area contributed by atoms with Gasteiger partial charge in [-0.3, -0.25) is 9.36 Å². The zero-order valence-corrected chi connectivity index (χ0v) is 15.6. The molecule has 1 N–H and O–H groups in total. The Balaban J connectivity index is 1.49. The molecule has 0 saturated heterocycles. The summed E-state index contributed by atoms with van der Waals surface area (Å²) in [6.07, 6.45) is 2.26. The summed E-state index contributed by atoms with van der Waals surface area (Å²) in [4.78, 5) is 12.0. The summed E-state index contributed by atoms with van der Waals surface area (Å²) in [7, 11) is 1.61. The molecular weight excluding hydrogens is 367 g/mol. The number of hydrogen-bond donors (Lipinski definition) is 1. The highest BCUT2D eigenvalue weighted by Gasteiger charge is 2.10. The number of thioether (sulfide) groups is 1. The molecule has 2 aromatic carbocycles. The molecule has 0 aliphatic rings. The van der Waals surface area contributed by atoms with E-state index in [-0.39, 0.29) is 17.5 Å². The molecule has 0 spiro atoms. The third kappa shape index (κ3) is 5.30. The molecule has 0 aliphatic heterocycles. The summed E-state index contributed by atoms with van der Waals surface area (Å²) in [5, 5.41) is 11.5. The van der Waals surface area contributed by atoms with Crippen LogP contribution in [0, 0.1) is 5.82 Å². The molecule has 0 unspecified atom stereocenters. The number of aromatic nitrogens is 3. The summed E-state index contributed by atoms with van der Waals surface area (Å²) >= 11 is 1.31. The van der Waals surface area contributed by atoms with Gasteiger partial charge in [0.1, 0.15) is 17.9 Å². The normalized spacial score (nSPS) is 10.6. The van der Waals surface area contributed by atoms with Gasteiger partial charge in [0.25, 0.3) is 0 Å². The maximum Gasteiger partial charge on any atom is 0.230 e. The molecule has 0 atom stereocenters. The van der Waals surface area contributed by atoms with Crippen LogP contribution in [0.15, 0.2) is 60.0 Å². The van der Waals surface area contributed by atoms with Crippen LogP contribution in [-0.4, -0.2) is 40.1 Å². The van der Waals surface area contributed by atoms with Crippen molar-refractivity contribution in [1.29, 1.82) is 0 Å². The van der Waals surface area contributed by atoms with E-state index in [2.05, 4.69) is 15.5 Å². The highest BCUT2D eigenvalue weighted by molar-refractivity contribution is 7.99. The number of rotatable bonds is 8. The fourth-order valence-corrected chi connectivity index (χ4v) is 3.18. The van der Waals surface area contributed by atoms with Crippen LogP contribution in [0.5, 0.6) is 5.75 Å². The number of nitrogens with zero attached hydrogens (tertiary/aromatic N) is 3. The van der Waals surface area contributed by atoms with Gasteiger partial charge in [-0.05, 0) is 48.4 Å². The second-order valence-corrected chi connectivity index (χ2v) is 6.64. The molecule has 0 radical (unpaired) electrons. The number of carbonyl (C=O) groups excluding carboxylic acids is 1. The summed E-state index contributed by atoms with van der Waals surface area (Å²) in [5.41, 5.74) is 1.86. The van der Waals surface area contributed by atoms with Crippen LogP contribution < -0.4 is 10.1 Å². The third-order valence-electron chi connectivity index (χ3n) is 3.85. The number of methoxy groups -OCH3 is 1. The number of nitrogens with one attached hydrogen (secondary N) is 1. The summed E-state index contributed by atoms with van der Waals surface area (Å²) in [6.45, 7) is 0.496. The topological polar surface area (TPSA) is 69.0 Å². The van der Waals surface area contributed by atoms with Gasteiger partial charge in [0.15, 0.2) is 5.16 Å². The van der Waals surface area contributed by atoms with Crippen LogP contribution in [-0.2, 0) is 11.2 Å². The molecule has 140 valence electrons. The standard InChI is InChI=1S/C19H19FN4O2S/c1-26-17-8-6-16(7-9-17)24-13-22-23-19(24)27-12-18(25)21-11-10-14-2-4-15(20)5-3-14/h2-9,13H,10-12H2,1H3,(H,21,25). The maximum atomic E-state index is 12.9. The molecule has 0 fully saturated rings. The minimum absolute atomic E-state index is 0.0913. The van der Waals surface area contributed by atoms with Crippen molar-refractivity contribution in [3.8, 4) is 11.4 Å². The zero-order valence-electron chi connectivity index (χ0n) is 14.8. The van der Waals surface area contributed by atoms with Crippen LogP contribution in [0.4, 0.5) is 4.39 Å². The minimum atomic E-state index is -0.264. The van der Waals surface area contributed by atoms with E-state index in [9.17, 15) is 9.18 Å². The summed E-state index contributed by atoms with van der Waals surface area (Å²) in [6, 6.07) is 13.8. The van der Waals surface area contributed by atoms with Gasteiger partial charge >= 0.3 is 0 Å². The Hall–Kier alpha value is -2.87. The molecule has 6 nitrogen and oxygen atoms in total. The molecule has 0 aliphatic carbocycles. The lowest BCUT2D eigenvalue weighted by molar-refractivity contribution is -0.118. The predicted molar refractivity (Wildman–Crippen MR) is 102 cm³/mol. The molecule has 8 heteroatoms. The number of amides is 1. The van der Waals surface area contributed by atoms with Crippen molar-refractivity contribution >= 4 is 17.7 Å². The van der Waals surface area contributed by atoms with Gasteiger partial charge in [-0.1, -0.05) is 23.9 Å². The van der Waals surface area contributed by atoms with Crippen molar-refractivity contribution in [1.82, 2.24) is 20.1 Å². The lowest BCUT2D eigenvalue weighted by Crippen LogP contribution is -2.27. The third-order valence-corrected chi connectivity index (χ3v) is 4.79. The second kappa shape index (κ2) is 9.18. The maximum absolute atomic E-state index is 12.9. The van der Waals surface area contributed by atoms with E-state index < -0.39 is 0 Å². The number of benzene rings is 2. The fourth-order valence-electron chi connectivity index (χ4n) is 2.42. The summed E-state index contributed by atoms with van der Waals surface area (Å²) < 4.78 is 19.8. The molecule has 1 amide bonds. The molecular formula is C19H19FN4O2S. The van der Waals surface area contributed by atoms with Gasteiger partial charge in [0.05, 0.1) is 12.9 Å². The molecule has 3 aromatic rings. The smallest absolute Gasteiger partial charge is 0.230 e. The van der Waals surface area contributed by atoms with Gasteiger partial charge < -0.3 is 10.1 Å². The van der Waals surface area contributed by atoms with Crippen molar-refractivity contribution in [2.45, 2.75) is 11.6 Å². The van der Waals surface area contributed by atoms with Crippen molar-refractivity contribution in [2.24, 2.45) is 0 Å². The highest BCUT2D eigenvalue weighted by atomic mass is 32.2. The largest absolute Gasteiger partial charge is 0.497 e. The van der Waals surface area contributed by atoms with E-state index in [0.717, 1.165) is 17.0 Å². The first kappa shape index (κ1) is 18.9. The number of hydrogen-bond acceptors (Lipinski definition) is 5. The van der Waals surface area contributed by atoms with Crippen LogP contribution in [0.25, 0.3) is 5.69 Å². The highest BCUT2D eigenvalue weighted by Crippen LogP contribution is 2.21. The summed E-state index contributed by atoms with van der Waals surface area (Å²) in [5.74, 6) is 0.645. The number of carbonyl (C=O) groups is 1. The average molecular weight is 386 g/mol. The van der Waals surface area contributed by atoms with Crippen LogP contribution in [0.3, 0.4) is 0 Å². The van der Waals surface area contributed by atoms with E-state index in [4.69, 9.17) is 4.74 Å². The number of halogens is 1. The van der Waals surface area contributed by atoms with Gasteiger partial charge in [0, 0.05) is 12.2 Å². The Morgan fingerprint density at radius 3 is 2.63 bits per heavy atom. The first-order chi connectivity index (χ1) is 13.2. The van der Waals surface area contributed by atoms with Gasteiger partial charge in [-0.15, -0.1) is 10.2 Å². The lowest BCUT2D eigenvalue weighted by Gasteiger charge is -2.08. The fraction of sp³-hybridized carbons (Fsp3) is 0.211. The first-order valence-electron chi connectivity index (χ1n) is 8.34. The molecule has 3 rings (SSSR count). The predicted octanol–water partition coefficient (Wildman–Crippen LogP) is 2.87. The van der Waals surface area contributed by atoms with E-state index in [0.29, 0.717) is 18.1 Å². The van der Waals surface area contributed by atoms with Crippen LogP contribution >= 0.6 is 11.8 Å². The zero-order chi connectivity index (χ0) is 19.1. The number of ether oxygens (including phenoxy) is 1. The first-order valence-corrected chi connectivity index (χ1v) is 9.32. The van der Waals surface area contributed by atoms with Crippen molar-refractivity contribution in [3.05, 3.63) is 66.2 Å². The van der Waals surface area contributed by atoms with Gasteiger partial charge in [0.2, 0.25) is 5.91 Å². The molecule has 1 aromatic heterocycles. The molecule has 27 heavy (non-hydrogen) atoms. The minimum Gasteiger partial charge on any atom is -0.497 e. The van der Waals surface area contributed by atoms with Crippen molar-refractivity contribution < 1.29 is 13.9 Å². The quantitative estimate of drug-likeness (QED) is 0.603. The Morgan fingerprint density at radius 1 is 1.19 bits per heavy atom. The Kier molecular flexibility index (Phi) is 6.43. The van der Waals surface area contributed by atoms with Crippen molar-refractivity contribution in [2.75, 3.05) is 19.4 Å². The second-order valence-electron chi connectivity index (χ2n) is 5.70. The Bertz CT molecular complexity index is 881. The van der Waals surface area contributed by atoms with Crippen LogP contribution in [0.2, 0.25) is 0 Å². The molecule has 0 saturated carbocycles. The van der Waals surface area contributed by atoms with Gasteiger partial charge in [-0.2, -0.15) is 0 Å². The average Bonchev–Trinajstić information content (AvgIpc) is 3.16. The Labute approximate surface area is 160 Å². The molecule has 1 heterocycles. The SMILES string of the molecule is COc1ccc(-n2cnnc2SCC(=O)NCCc2ccc(F)cc2)cc1. The van der Waals surface area contributed by atoms with Crippen molar-refractivity contribution in [3.63, 3.8) is 0 Å². The van der Waals surface area contributed by atoms with Crippen LogP contribution in [0.1, 0.15) is 5.56 Å². The molecule has 0 bridgehead atoms.